The van der Waals surface area contributed by atoms with Gasteiger partial charge in [-0.1, -0.05) is 26.0 Å². The highest BCUT2D eigenvalue weighted by atomic mass is 16.5. The Balaban J connectivity index is 1.81. The third-order valence-corrected chi connectivity index (χ3v) is 4.75. The molecule has 27 heavy (non-hydrogen) atoms. The van der Waals surface area contributed by atoms with Gasteiger partial charge in [0.1, 0.15) is 12.4 Å². The second-order valence-electron chi connectivity index (χ2n) is 7.10. The Morgan fingerprint density at radius 3 is 2.63 bits per heavy atom. The van der Waals surface area contributed by atoms with E-state index in [1.807, 2.05) is 32.0 Å². The molecule has 0 spiro atoms. The van der Waals surface area contributed by atoms with E-state index in [2.05, 4.69) is 0 Å². The van der Waals surface area contributed by atoms with Crippen molar-refractivity contribution in [3.63, 3.8) is 0 Å². The molecule has 1 aliphatic rings. The van der Waals surface area contributed by atoms with Crippen LogP contribution in [-0.4, -0.2) is 29.7 Å². The van der Waals surface area contributed by atoms with E-state index in [4.69, 9.17) is 21.6 Å². The maximum Gasteiger partial charge on any atom is 0.256 e. The van der Waals surface area contributed by atoms with Gasteiger partial charge in [0.25, 0.3) is 5.91 Å². The molecule has 5 N–H and O–H groups in total. The maximum atomic E-state index is 13.1. The molecule has 1 aliphatic heterocycles. The van der Waals surface area contributed by atoms with Gasteiger partial charge in [-0.2, -0.15) is 0 Å². The third kappa shape index (κ3) is 3.95. The molecule has 6 nitrogen and oxygen atoms in total. The fourth-order valence-electron chi connectivity index (χ4n) is 3.19. The number of hydrogen-bond donors (Lipinski definition) is 3. The number of rotatable bonds is 6. The number of carbonyl (C=O) groups excluding carboxylic acids is 1. The fourth-order valence-corrected chi connectivity index (χ4v) is 3.19. The van der Waals surface area contributed by atoms with Gasteiger partial charge >= 0.3 is 0 Å². The summed E-state index contributed by atoms with van der Waals surface area (Å²) in [7, 11) is 0. The summed E-state index contributed by atoms with van der Waals surface area (Å²) < 4.78 is 5.57. The highest BCUT2D eigenvalue weighted by Gasteiger charge is 2.26. The molecule has 142 valence electrons. The summed E-state index contributed by atoms with van der Waals surface area (Å²) in [6, 6.07) is 11.1. The fraction of sp³-hybridized carbons (Fsp3) is 0.333. The van der Waals surface area contributed by atoms with E-state index < -0.39 is 0 Å². The van der Waals surface area contributed by atoms with Crippen LogP contribution in [0.5, 0.6) is 5.75 Å². The van der Waals surface area contributed by atoms with Crippen molar-refractivity contribution in [2.75, 3.05) is 18.9 Å². The van der Waals surface area contributed by atoms with Crippen LogP contribution in [0.15, 0.2) is 36.4 Å². The molecule has 2 aromatic carbocycles. The lowest BCUT2D eigenvalue weighted by atomic mass is 9.97. The molecule has 1 amide bonds. The molecule has 0 aromatic heterocycles. The standard InChI is InChI=1S/C21H26N4O2/c1-13(2)20(24)14-4-6-19(23)18(10-14)21(26)25-11-15-3-5-17(27-8-7-22)9-16(15)12-25/h3-6,9-10,13,24H,7-8,11-12,22-23H2,1-2H3. The van der Waals surface area contributed by atoms with Gasteiger partial charge in [-0.05, 0) is 46.9 Å². The molecule has 0 fully saturated rings. The summed E-state index contributed by atoms with van der Waals surface area (Å²) in [4.78, 5) is 14.8. The van der Waals surface area contributed by atoms with Gasteiger partial charge in [0.15, 0.2) is 0 Å². The zero-order chi connectivity index (χ0) is 19.6. The van der Waals surface area contributed by atoms with Gasteiger partial charge in [0.2, 0.25) is 0 Å². The monoisotopic (exact) mass is 366 g/mol. The summed E-state index contributed by atoms with van der Waals surface area (Å²) in [5.41, 5.74) is 15.8. The quantitative estimate of drug-likeness (QED) is 0.540. The Morgan fingerprint density at radius 2 is 1.93 bits per heavy atom. The Kier molecular flexibility index (Phi) is 5.46. The van der Waals surface area contributed by atoms with E-state index in [1.54, 1.807) is 23.1 Å². The number of fused-ring (bicyclic) bond motifs is 1. The minimum atomic E-state index is -0.119. The van der Waals surface area contributed by atoms with E-state index in [9.17, 15) is 4.79 Å². The number of nitrogen functional groups attached to an aromatic ring is 1. The highest BCUT2D eigenvalue weighted by Crippen LogP contribution is 2.29. The van der Waals surface area contributed by atoms with Crippen LogP contribution in [0.25, 0.3) is 0 Å². The topological polar surface area (TPSA) is 105 Å². The molecular formula is C21H26N4O2. The number of ether oxygens (including phenoxy) is 1. The largest absolute Gasteiger partial charge is 0.492 e. The first-order chi connectivity index (χ1) is 12.9. The van der Waals surface area contributed by atoms with Crippen molar-refractivity contribution in [1.82, 2.24) is 4.90 Å². The van der Waals surface area contributed by atoms with Gasteiger partial charge in [-0.25, -0.2) is 0 Å². The first-order valence-electron chi connectivity index (χ1n) is 9.13. The molecule has 0 unspecified atom stereocenters. The molecule has 0 saturated heterocycles. The minimum Gasteiger partial charge on any atom is -0.492 e. The van der Waals surface area contributed by atoms with Gasteiger partial charge < -0.3 is 26.5 Å². The van der Waals surface area contributed by atoms with E-state index in [1.165, 1.54) is 0 Å². The summed E-state index contributed by atoms with van der Waals surface area (Å²) >= 11 is 0. The molecule has 0 saturated carbocycles. The van der Waals surface area contributed by atoms with Crippen molar-refractivity contribution >= 4 is 17.3 Å². The number of nitrogens with one attached hydrogen (secondary N) is 1. The average Bonchev–Trinajstić information content (AvgIpc) is 3.08. The lowest BCUT2D eigenvalue weighted by molar-refractivity contribution is 0.0752. The van der Waals surface area contributed by atoms with Crippen LogP contribution < -0.4 is 16.2 Å². The smallest absolute Gasteiger partial charge is 0.256 e. The van der Waals surface area contributed by atoms with Crippen LogP contribution in [0.2, 0.25) is 0 Å². The van der Waals surface area contributed by atoms with Gasteiger partial charge in [0, 0.05) is 31.0 Å². The Labute approximate surface area is 159 Å². The van der Waals surface area contributed by atoms with E-state index in [0.717, 1.165) is 22.4 Å². The van der Waals surface area contributed by atoms with E-state index in [0.29, 0.717) is 43.2 Å². The number of hydrogen-bond acceptors (Lipinski definition) is 5. The number of carbonyl (C=O) groups is 1. The predicted molar refractivity (Wildman–Crippen MR) is 107 cm³/mol. The summed E-state index contributed by atoms with van der Waals surface area (Å²) in [5.74, 6) is 0.728. The lowest BCUT2D eigenvalue weighted by Crippen LogP contribution is -2.26. The molecule has 0 radical (unpaired) electrons. The van der Waals surface area contributed by atoms with Crippen molar-refractivity contribution in [3.8, 4) is 5.75 Å². The van der Waals surface area contributed by atoms with Gasteiger partial charge in [-0.3, -0.25) is 4.79 Å². The zero-order valence-electron chi connectivity index (χ0n) is 15.8. The third-order valence-electron chi connectivity index (χ3n) is 4.75. The summed E-state index contributed by atoms with van der Waals surface area (Å²) in [5, 5.41) is 8.20. The first-order valence-corrected chi connectivity index (χ1v) is 9.13. The average molecular weight is 366 g/mol. The molecule has 1 heterocycles. The van der Waals surface area contributed by atoms with Crippen molar-refractivity contribution in [3.05, 3.63) is 58.7 Å². The van der Waals surface area contributed by atoms with Crippen LogP contribution in [0.1, 0.15) is 40.9 Å². The lowest BCUT2D eigenvalue weighted by Gasteiger charge is -2.18. The Morgan fingerprint density at radius 1 is 1.19 bits per heavy atom. The molecule has 2 aromatic rings. The van der Waals surface area contributed by atoms with Gasteiger partial charge in [0.05, 0.1) is 5.56 Å². The number of anilines is 1. The van der Waals surface area contributed by atoms with Crippen molar-refractivity contribution in [2.45, 2.75) is 26.9 Å². The maximum absolute atomic E-state index is 13.1. The Hall–Kier alpha value is -2.86. The van der Waals surface area contributed by atoms with Crippen LogP contribution in [-0.2, 0) is 13.1 Å². The number of amides is 1. The van der Waals surface area contributed by atoms with Crippen LogP contribution in [0.3, 0.4) is 0 Å². The van der Waals surface area contributed by atoms with Crippen molar-refractivity contribution < 1.29 is 9.53 Å². The molecular weight excluding hydrogens is 340 g/mol. The van der Waals surface area contributed by atoms with Crippen LogP contribution >= 0.6 is 0 Å². The molecule has 6 heteroatoms. The summed E-state index contributed by atoms with van der Waals surface area (Å²) in [6.45, 7) is 5.90. The first kappa shape index (κ1) is 18.9. The highest BCUT2D eigenvalue weighted by molar-refractivity contribution is 6.05. The van der Waals surface area contributed by atoms with Crippen LogP contribution in [0.4, 0.5) is 5.69 Å². The second-order valence-corrected chi connectivity index (χ2v) is 7.10. The predicted octanol–water partition coefficient (Wildman–Crippen LogP) is 2.79. The van der Waals surface area contributed by atoms with Crippen molar-refractivity contribution in [1.29, 1.82) is 5.41 Å². The van der Waals surface area contributed by atoms with E-state index in [-0.39, 0.29) is 11.8 Å². The van der Waals surface area contributed by atoms with Crippen LogP contribution in [0, 0.1) is 11.3 Å². The molecule has 0 atom stereocenters. The molecule has 0 aliphatic carbocycles. The second kappa shape index (κ2) is 7.80. The normalized spacial score (nSPS) is 13.0. The van der Waals surface area contributed by atoms with E-state index >= 15 is 0 Å². The number of nitrogens with two attached hydrogens (primary N) is 2. The SMILES string of the molecule is CC(C)C(=N)c1ccc(N)c(C(=O)N2Cc3ccc(OCCN)cc3C2)c1. The zero-order valence-corrected chi connectivity index (χ0v) is 15.8. The minimum absolute atomic E-state index is 0.0829. The number of nitrogens with zero attached hydrogens (tertiary/aromatic N) is 1. The Bertz CT molecular complexity index is 876. The van der Waals surface area contributed by atoms with Gasteiger partial charge in [-0.15, -0.1) is 0 Å². The molecule has 3 rings (SSSR count). The molecule has 0 bridgehead atoms. The number of benzene rings is 2. The summed E-state index contributed by atoms with van der Waals surface area (Å²) in [6.07, 6.45) is 0. The van der Waals surface area contributed by atoms with Crippen molar-refractivity contribution in [2.24, 2.45) is 11.7 Å².